The number of aryl methyl sites for hydroxylation is 1. The summed E-state index contributed by atoms with van der Waals surface area (Å²) in [6.07, 6.45) is 7.70. The van der Waals surface area contributed by atoms with E-state index in [0.717, 1.165) is 19.6 Å². The third-order valence-corrected chi connectivity index (χ3v) is 4.03. The average Bonchev–Trinajstić information content (AvgIpc) is 2.53. The van der Waals surface area contributed by atoms with Crippen molar-refractivity contribution in [3.05, 3.63) is 29.6 Å². The summed E-state index contributed by atoms with van der Waals surface area (Å²) in [5, 5.41) is 3.68. The van der Waals surface area contributed by atoms with Gasteiger partial charge in [0.15, 0.2) is 0 Å². The highest BCUT2D eigenvalue weighted by Crippen LogP contribution is 2.15. The molecule has 1 N–H and O–H groups in total. The smallest absolute Gasteiger partial charge is 0.0313 e. The molecule has 106 valence electrons. The molecule has 3 nitrogen and oxygen atoms in total. The van der Waals surface area contributed by atoms with Gasteiger partial charge in [0.2, 0.25) is 0 Å². The van der Waals surface area contributed by atoms with Crippen LogP contribution in [0.4, 0.5) is 0 Å². The van der Waals surface area contributed by atoms with E-state index in [-0.39, 0.29) is 0 Å². The molecule has 0 spiro atoms. The van der Waals surface area contributed by atoms with Gasteiger partial charge >= 0.3 is 0 Å². The van der Waals surface area contributed by atoms with Gasteiger partial charge in [-0.15, -0.1) is 0 Å². The highest BCUT2D eigenvalue weighted by Gasteiger charge is 2.22. The van der Waals surface area contributed by atoms with Crippen molar-refractivity contribution in [2.75, 3.05) is 13.1 Å². The zero-order valence-electron chi connectivity index (χ0n) is 12.5. The minimum absolute atomic E-state index is 0.646. The molecule has 0 amide bonds. The number of hydrogen-bond acceptors (Lipinski definition) is 3. The molecule has 0 saturated carbocycles. The Morgan fingerprint density at radius 2 is 2.26 bits per heavy atom. The number of nitrogens with zero attached hydrogens (tertiary/aromatic N) is 2. The second-order valence-electron chi connectivity index (χ2n) is 5.88. The van der Waals surface area contributed by atoms with E-state index in [1.807, 2.05) is 12.4 Å². The van der Waals surface area contributed by atoms with Crippen molar-refractivity contribution < 1.29 is 0 Å². The highest BCUT2D eigenvalue weighted by molar-refractivity contribution is 5.16. The number of pyridine rings is 1. The van der Waals surface area contributed by atoms with Crippen LogP contribution in [0.25, 0.3) is 0 Å². The molecule has 0 aromatic carbocycles. The lowest BCUT2D eigenvalue weighted by atomic mass is 10.1. The second-order valence-corrected chi connectivity index (χ2v) is 5.88. The topological polar surface area (TPSA) is 28.2 Å². The van der Waals surface area contributed by atoms with Crippen molar-refractivity contribution in [3.8, 4) is 0 Å². The Kier molecular flexibility index (Phi) is 5.34. The van der Waals surface area contributed by atoms with Gasteiger partial charge in [-0.1, -0.05) is 19.4 Å². The molecule has 3 heteroatoms. The largest absolute Gasteiger partial charge is 0.313 e. The molecular weight excluding hydrogens is 234 g/mol. The van der Waals surface area contributed by atoms with Gasteiger partial charge in [0, 0.05) is 37.6 Å². The predicted molar refractivity (Wildman–Crippen MR) is 80.2 cm³/mol. The first kappa shape index (κ1) is 14.5. The van der Waals surface area contributed by atoms with Crippen molar-refractivity contribution in [2.24, 2.45) is 0 Å². The molecule has 0 aliphatic carbocycles. The van der Waals surface area contributed by atoms with Gasteiger partial charge in [0.05, 0.1) is 0 Å². The van der Waals surface area contributed by atoms with E-state index < -0.39 is 0 Å². The van der Waals surface area contributed by atoms with Crippen LogP contribution in [-0.2, 0) is 6.54 Å². The van der Waals surface area contributed by atoms with E-state index in [2.05, 4.69) is 42.0 Å². The Bertz CT molecular complexity index is 391. The maximum Gasteiger partial charge on any atom is 0.0313 e. The SMILES string of the molecule is CCCC1CN(Cc2cncc(C)c2)C(C)CCN1. The Morgan fingerprint density at radius 1 is 1.42 bits per heavy atom. The van der Waals surface area contributed by atoms with Crippen LogP contribution in [-0.4, -0.2) is 35.1 Å². The summed E-state index contributed by atoms with van der Waals surface area (Å²) in [5.74, 6) is 0. The van der Waals surface area contributed by atoms with E-state index >= 15 is 0 Å². The van der Waals surface area contributed by atoms with E-state index in [1.54, 1.807) is 0 Å². The third kappa shape index (κ3) is 4.29. The molecule has 1 fully saturated rings. The molecule has 2 heterocycles. The van der Waals surface area contributed by atoms with Crippen LogP contribution in [0.5, 0.6) is 0 Å². The molecule has 1 aromatic heterocycles. The molecule has 19 heavy (non-hydrogen) atoms. The quantitative estimate of drug-likeness (QED) is 0.903. The molecule has 1 aromatic rings. The fraction of sp³-hybridized carbons (Fsp3) is 0.688. The summed E-state index contributed by atoms with van der Waals surface area (Å²) < 4.78 is 0. The normalized spacial score (nSPS) is 25.2. The Balaban J connectivity index is 2.02. The maximum absolute atomic E-state index is 4.31. The van der Waals surface area contributed by atoms with Crippen molar-refractivity contribution >= 4 is 0 Å². The average molecular weight is 261 g/mol. The lowest BCUT2D eigenvalue weighted by Gasteiger charge is -2.29. The monoisotopic (exact) mass is 261 g/mol. The van der Waals surface area contributed by atoms with Crippen LogP contribution < -0.4 is 5.32 Å². The van der Waals surface area contributed by atoms with Gasteiger partial charge in [0.25, 0.3) is 0 Å². The van der Waals surface area contributed by atoms with Crippen molar-refractivity contribution in [1.29, 1.82) is 0 Å². The second kappa shape index (κ2) is 7.01. The first-order valence-electron chi connectivity index (χ1n) is 7.57. The molecule has 2 unspecified atom stereocenters. The van der Waals surface area contributed by atoms with E-state index in [0.29, 0.717) is 12.1 Å². The number of nitrogens with one attached hydrogen (secondary N) is 1. The molecule has 0 radical (unpaired) electrons. The summed E-state index contributed by atoms with van der Waals surface area (Å²) in [4.78, 5) is 6.92. The van der Waals surface area contributed by atoms with Crippen molar-refractivity contribution in [2.45, 2.75) is 58.7 Å². The van der Waals surface area contributed by atoms with Gasteiger partial charge < -0.3 is 5.32 Å². The van der Waals surface area contributed by atoms with Crippen LogP contribution in [0.15, 0.2) is 18.5 Å². The summed E-state index contributed by atoms with van der Waals surface area (Å²) in [6.45, 7) is 10.1. The predicted octanol–water partition coefficient (Wildman–Crippen LogP) is 2.74. The lowest BCUT2D eigenvalue weighted by molar-refractivity contribution is 0.193. The van der Waals surface area contributed by atoms with Crippen LogP contribution in [0.2, 0.25) is 0 Å². The van der Waals surface area contributed by atoms with Gasteiger partial charge in [-0.2, -0.15) is 0 Å². The lowest BCUT2D eigenvalue weighted by Crippen LogP contribution is -2.39. The first-order chi connectivity index (χ1) is 9.19. The van der Waals surface area contributed by atoms with E-state index in [9.17, 15) is 0 Å². The van der Waals surface area contributed by atoms with Gasteiger partial charge in [-0.25, -0.2) is 0 Å². The molecule has 0 bridgehead atoms. The van der Waals surface area contributed by atoms with Gasteiger partial charge in [-0.3, -0.25) is 9.88 Å². The molecule has 1 aliphatic rings. The Hall–Kier alpha value is -0.930. The molecule has 1 saturated heterocycles. The molecule has 2 rings (SSSR count). The van der Waals surface area contributed by atoms with Crippen LogP contribution >= 0.6 is 0 Å². The maximum atomic E-state index is 4.31. The van der Waals surface area contributed by atoms with E-state index in [1.165, 1.54) is 30.4 Å². The summed E-state index contributed by atoms with van der Waals surface area (Å²) in [5.41, 5.74) is 2.59. The van der Waals surface area contributed by atoms with Gasteiger partial charge in [0.1, 0.15) is 0 Å². The van der Waals surface area contributed by atoms with Crippen LogP contribution in [0.1, 0.15) is 44.2 Å². The molecule has 1 aliphatic heterocycles. The molecular formula is C16H27N3. The van der Waals surface area contributed by atoms with Gasteiger partial charge in [-0.05, 0) is 44.4 Å². The minimum Gasteiger partial charge on any atom is -0.313 e. The highest BCUT2D eigenvalue weighted by atomic mass is 15.2. The number of aromatic nitrogens is 1. The summed E-state index contributed by atoms with van der Waals surface area (Å²) in [7, 11) is 0. The zero-order valence-corrected chi connectivity index (χ0v) is 12.5. The standard InChI is InChI=1S/C16H27N3/c1-4-5-16-12-19(14(3)6-7-18-16)11-15-8-13(2)9-17-10-15/h8-10,14,16,18H,4-7,11-12H2,1-3H3. The minimum atomic E-state index is 0.646. The number of hydrogen-bond donors (Lipinski definition) is 1. The summed E-state index contributed by atoms with van der Waals surface area (Å²) in [6, 6.07) is 3.55. The Labute approximate surface area is 117 Å². The fourth-order valence-corrected chi connectivity index (χ4v) is 2.91. The third-order valence-electron chi connectivity index (χ3n) is 4.03. The van der Waals surface area contributed by atoms with Crippen LogP contribution in [0, 0.1) is 6.92 Å². The van der Waals surface area contributed by atoms with E-state index in [4.69, 9.17) is 0 Å². The first-order valence-corrected chi connectivity index (χ1v) is 7.57. The van der Waals surface area contributed by atoms with Crippen molar-refractivity contribution in [3.63, 3.8) is 0 Å². The van der Waals surface area contributed by atoms with Crippen molar-refractivity contribution in [1.82, 2.24) is 15.2 Å². The zero-order chi connectivity index (χ0) is 13.7. The Morgan fingerprint density at radius 3 is 3.00 bits per heavy atom. The van der Waals surface area contributed by atoms with Crippen LogP contribution in [0.3, 0.4) is 0 Å². The summed E-state index contributed by atoms with van der Waals surface area (Å²) >= 11 is 0. The molecule has 2 atom stereocenters. The fourth-order valence-electron chi connectivity index (χ4n) is 2.91. The number of rotatable bonds is 4.